The van der Waals surface area contributed by atoms with Crippen LogP contribution in [0.4, 0.5) is 5.95 Å². The quantitative estimate of drug-likeness (QED) is 0.837. The first-order valence-corrected chi connectivity index (χ1v) is 8.31. The van der Waals surface area contributed by atoms with E-state index in [-0.39, 0.29) is 0 Å². The third-order valence-corrected chi connectivity index (χ3v) is 4.85. The van der Waals surface area contributed by atoms with E-state index in [1.807, 2.05) is 19.9 Å². The van der Waals surface area contributed by atoms with Gasteiger partial charge in [-0.1, -0.05) is 0 Å². The van der Waals surface area contributed by atoms with E-state index < -0.39 is 0 Å². The third kappa shape index (κ3) is 2.59. The lowest BCUT2D eigenvalue weighted by Crippen LogP contribution is -2.36. The summed E-state index contributed by atoms with van der Waals surface area (Å²) in [5, 5.41) is 8.94. The zero-order valence-corrected chi connectivity index (χ0v) is 14.0. The fourth-order valence-electron chi connectivity index (χ4n) is 3.68. The van der Waals surface area contributed by atoms with Gasteiger partial charge in [0.15, 0.2) is 11.6 Å². The Morgan fingerprint density at radius 1 is 1.04 bits per heavy atom. The van der Waals surface area contributed by atoms with E-state index in [0.29, 0.717) is 6.04 Å². The monoisotopic (exact) mass is 313 g/mol. The number of nitrogens with zero attached hydrogens (tertiary/aromatic N) is 7. The molecule has 0 unspecified atom stereocenters. The molecule has 7 nitrogen and oxygen atoms in total. The van der Waals surface area contributed by atoms with E-state index in [1.54, 1.807) is 0 Å². The van der Waals surface area contributed by atoms with Gasteiger partial charge in [0, 0.05) is 24.5 Å². The second-order valence-corrected chi connectivity index (χ2v) is 6.64. The molecule has 0 amide bonds. The number of likely N-dealkylation sites (tertiary alicyclic amines) is 1. The first kappa shape index (κ1) is 14.6. The molecular formula is C16H23N7. The minimum absolute atomic E-state index is 0.417. The van der Waals surface area contributed by atoms with Gasteiger partial charge >= 0.3 is 0 Å². The van der Waals surface area contributed by atoms with Crippen LogP contribution in [0, 0.1) is 13.8 Å². The first-order chi connectivity index (χ1) is 11.1. The maximum atomic E-state index is 4.58. The van der Waals surface area contributed by atoms with E-state index in [1.165, 1.54) is 12.8 Å². The van der Waals surface area contributed by atoms with E-state index in [0.717, 1.165) is 55.2 Å². The summed E-state index contributed by atoms with van der Waals surface area (Å²) in [6.07, 6.45) is 2.42. The Labute approximate surface area is 136 Å². The highest BCUT2D eigenvalue weighted by Crippen LogP contribution is 2.30. The molecule has 0 spiro atoms. The number of hydrogen-bond donors (Lipinski definition) is 0. The van der Waals surface area contributed by atoms with Crippen LogP contribution in [-0.4, -0.2) is 49.8 Å². The maximum absolute atomic E-state index is 4.58. The lowest BCUT2D eigenvalue weighted by atomic mass is 10.2. The molecule has 2 aliphatic rings. The molecule has 122 valence electrons. The minimum atomic E-state index is 0.417. The van der Waals surface area contributed by atoms with Crippen LogP contribution >= 0.6 is 0 Å². The van der Waals surface area contributed by atoms with Crippen molar-refractivity contribution >= 4 is 5.95 Å². The molecule has 1 saturated heterocycles. The molecule has 2 aromatic rings. The van der Waals surface area contributed by atoms with Gasteiger partial charge < -0.3 is 9.47 Å². The van der Waals surface area contributed by atoms with E-state index in [4.69, 9.17) is 0 Å². The molecule has 1 fully saturated rings. The Hall–Kier alpha value is -2.02. The zero-order chi connectivity index (χ0) is 16.0. The van der Waals surface area contributed by atoms with E-state index in [2.05, 4.69) is 41.6 Å². The van der Waals surface area contributed by atoms with Crippen molar-refractivity contribution in [3.05, 3.63) is 29.1 Å². The second-order valence-electron chi connectivity index (χ2n) is 6.64. The molecule has 4 rings (SSSR count). The molecule has 0 aromatic carbocycles. The summed E-state index contributed by atoms with van der Waals surface area (Å²) >= 11 is 0. The minimum Gasteiger partial charge on any atom is -0.331 e. The molecule has 0 bridgehead atoms. The molecule has 23 heavy (non-hydrogen) atoms. The Balaban J connectivity index is 1.60. The summed E-state index contributed by atoms with van der Waals surface area (Å²) in [6, 6.07) is 2.42. The molecule has 0 saturated carbocycles. The zero-order valence-electron chi connectivity index (χ0n) is 14.0. The van der Waals surface area contributed by atoms with Gasteiger partial charge in [-0.3, -0.25) is 4.90 Å². The van der Waals surface area contributed by atoms with Crippen molar-refractivity contribution in [2.75, 3.05) is 25.0 Å². The number of aromatic nitrogens is 5. The van der Waals surface area contributed by atoms with Gasteiger partial charge in [-0.2, -0.15) is 0 Å². The van der Waals surface area contributed by atoms with Crippen LogP contribution in [0.15, 0.2) is 6.07 Å². The highest BCUT2D eigenvalue weighted by atomic mass is 15.4. The van der Waals surface area contributed by atoms with Crippen molar-refractivity contribution in [1.29, 1.82) is 0 Å². The van der Waals surface area contributed by atoms with Crippen LogP contribution < -0.4 is 4.90 Å². The lowest BCUT2D eigenvalue weighted by Gasteiger charge is -2.29. The van der Waals surface area contributed by atoms with E-state index in [9.17, 15) is 0 Å². The number of fused-ring (bicyclic) bond motifs is 1. The molecule has 2 aromatic heterocycles. The van der Waals surface area contributed by atoms with Gasteiger partial charge in [0.1, 0.15) is 0 Å². The Kier molecular flexibility index (Phi) is 3.52. The largest absolute Gasteiger partial charge is 0.331 e. The fourth-order valence-corrected chi connectivity index (χ4v) is 3.68. The van der Waals surface area contributed by atoms with Crippen molar-refractivity contribution in [2.45, 2.75) is 45.8 Å². The molecule has 1 atom stereocenters. The smallest absolute Gasteiger partial charge is 0.226 e. The van der Waals surface area contributed by atoms with Crippen LogP contribution in [-0.2, 0) is 13.1 Å². The lowest BCUT2D eigenvalue weighted by molar-refractivity contribution is 0.295. The van der Waals surface area contributed by atoms with Crippen molar-refractivity contribution in [3.8, 4) is 0 Å². The summed E-state index contributed by atoms with van der Waals surface area (Å²) in [7, 11) is 2.18. The predicted octanol–water partition coefficient (Wildman–Crippen LogP) is 1.47. The van der Waals surface area contributed by atoms with Crippen LogP contribution in [0.25, 0.3) is 0 Å². The summed E-state index contributed by atoms with van der Waals surface area (Å²) in [5.74, 6) is 2.95. The van der Waals surface area contributed by atoms with Gasteiger partial charge in [0.2, 0.25) is 5.95 Å². The molecule has 7 heteroatoms. The van der Waals surface area contributed by atoms with Gasteiger partial charge in [0.25, 0.3) is 0 Å². The van der Waals surface area contributed by atoms with Crippen molar-refractivity contribution in [2.24, 2.45) is 0 Å². The summed E-state index contributed by atoms with van der Waals surface area (Å²) < 4.78 is 2.30. The maximum Gasteiger partial charge on any atom is 0.226 e. The van der Waals surface area contributed by atoms with Crippen molar-refractivity contribution in [3.63, 3.8) is 0 Å². The van der Waals surface area contributed by atoms with Crippen molar-refractivity contribution in [1.82, 2.24) is 29.6 Å². The normalized spacial score (nSPS) is 21.7. The number of aryl methyl sites for hydroxylation is 2. The van der Waals surface area contributed by atoms with Gasteiger partial charge in [0.05, 0.1) is 12.6 Å². The van der Waals surface area contributed by atoms with Crippen LogP contribution in [0.2, 0.25) is 0 Å². The van der Waals surface area contributed by atoms with Crippen molar-refractivity contribution < 1.29 is 0 Å². The predicted molar refractivity (Wildman–Crippen MR) is 87.2 cm³/mol. The average Bonchev–Trinajstić information content (AvgIpc) is 3.11. The molecule has 4 heterocycles. The summed E-state index contributed by atoms with van der Waals surface area (Å²) in [4.78, 5) is 13.7. The molecule has 0 N–H and O–H groups in total. The average molecular weight is 313 g/mol. The number of hydrogen-bond acceptors (Lipinski definition) is 6. The van der Waals surface area contributed by atoms with Crippen LogP contribution in [0.1, 0.15) is 41.9 Å². The highest BCUT2D eigenvalue weighted by Gasteiger charge is 2.31. The molecule has 0 radical (unpaired) electrons. The SMILES string of the molecule is Cc1cc(C)nc(N2CCn3c(nnc3[C@H]3CCCN3C)C2)n1. The van der Waals surface area contributed by atoms with Crippen LogP contribution in [0.3, 0.4) is 0 Å². The van der Waals surface area contributed by atoms with Gasteiger partial charge in [-0.25, -0.2) is 9.97 Å². The second kappa shape index (κ2) is 5.56. The molecular weight excluding hydrogens is 290 g/mol. The van der Waals surface area contributed by atoms with Crippen LogP contribution in [0.5, 0.6) is 0 Å². The first-order valence-electron chi connectivity index (χ1n) is 8.31. The van der Waals surface area contributed by atoms with Gasteiger partial charge in [-0.15, -0.1) is 10.2 Å². The topological polar surface area (TPSA) is 63.0 Å². The van der Waals surface area contributed by atoms with Gasteiger partial charge in [-0.05, 0) is 46.3 Å². The number of anilines is 1. The van der Waals surface area contributed by atoms with E-state index >= 15 is 0 Å². The fraction of sp³-hybridized carbons (Fsp3) is 0.625. The standard InChI is InChI=1S/C16H23N7/c1-11-9-12(2)18-16(17-11)22-7-8-23-14(10-22)19-20-15(23)13-5-4-6-21(13)3/h9,13H,4-8,10H2,1-3H3/t13-/m1/s1. The molecule has 0 aliphatic carbocycles. The Bertz CT molecular complexity index is 703. The third-order valence-electron chi connectivity index (χ3n) is 4.85. The summed E-state index contributed by atoms with van der Waals surface area (Å²) in [5.41, 5.74) is 2.01. The Morgan fingerprint density at radius 3 is 2.52 bits per heavy atom. The molecule has 2 aliphatic heterocycles. The number of rotatable bonds is 2. The Morgan fingerprint density at radius 2 is 1.83 bits per heavy atom. The highest BCUT2D eigenvalue weighted by molar-refractivity contribution is 5.33. The summed E-state index contributed by atoms with van der Waals surface area (Å²) in [6.45, 7) is 7.70.